The van der Waals surface area contributed by atoms with Crippen LogP contribution in [-0.2, 0) is 20.4 Å². The predicted octanol–water partition coefficient (Wildman–Crippen LogP) is 7.34. The molecule has 42 heavy (non-hydrogen) atoms. The van der Waals surface area contributed by atoms with Gasteiger partial charge in [-0.2, -0.15) is 5.10 Å². The largest absolute Gasteiger partial charge is 0.497 e. The van der Waals surface area contributed by atoms with Gasteiger partial charge in [0.25, 0.3) is 0 Å². The zero-order valence-corrected chi connectivity index (χ0v) is 27.4. The number of ether oxygens (including phenoxy) is 3. The minimum atomic E-state index is -0.914. The smallest absolute Gasteiger partial charge is 0.360 e. The summed E-state index contributed by atoms with van der Waals surface area (Å²) in [5, 5.41) is 18.2. The lowest BCUT2D eigenvalue weighted by molar-refractivity contribution is -0.127. The Labute approximate surface area is 253 Å². The van der Waals surface area contributed by atoms with Crippen LogP contribution < -0.4 is 9.47 Å². The van der Waals surface area contributed by atoms with E-state index in [-0.39, 0.29) is 34.6 Å². The van der Waals surface area contributed by atoms with Gasteiger partial charge in [0.15, 0.2) is 0 Å². The number of methoxy groups -OCH3 is 2. The van der Waals surface area contributed by atoms with Gasteiger partial charge in [-0.3, -0.25) is 5.01 Å². The minimum absolute atomic E-state index is 0.0189. The van der Waals surface area contributed by atoms with E-state index in [0.717, 1.165) is 42.4 Å². The molecule has 0 aliphatic carbocycles. The van der Waals surface area contributed by atoms with Crippen LogP contribution in [0.15, 0.2) is 47.6 Å². The number of hydrogen-bond acceptors (Lipinski definition) is 7. The number of hydrogen-bond donors (Lipinski definition) is 1. The molecule has 0 radical (unpaired) electrons. The minimum Gasteiger partial charge on any atom is -0.497 e. The highest BCUT2D eigenvalue weighted by molar-refractivity contribution is 6.37. The average molecular weight is 581 g/mol. The number of aliphatic hydroxyl groups is 1. The van der Waals surface area contributed by atoms with Gasteiger partial charge in [0.1, 0.15) is 17.2 Å². The first-order valence-corrected chi connectivity index (χ1v) is 15.3. The van der Waals surface area contributed by atoms with Crippen molar-refractivity contribution in [3.63, 3.8) is 0 Å². The third-order valence-corrected chi connectivity index (χ3v) is 8.60. The molecular weight excluding hydrogens is 528 g/mol. The molecule has 7 nitrogen and oxygen atoms in total. The molecule has 1 fully saturated rings. The summed E-state index contributed by atoms with van der Waals surface area (Å²) in [4.78, 5) is 14.2. The zero-order valence-electron chi connectivity index (χ0n) is 27.4. The van der Waals surface area contributed by atoms with Gasteiger partial charge in [-0.25, -0.2) is 4.79 Å². The zero-order chi connectivity index (χ0) is 31.3. The molecule has 0 bridgehead atoms. The van der Waals surface area contributed by atoms with Crippen molar-refractivity contribution in [2.75, 3.05) is 20.8 Å². The van der Waals surface area contributed by atoms with E-state index < -0.39 is 12.1 Å². The van der Waals surface area contributed by atoms with Crippen LogP contribution >= 0.6 is 0 Å². The lowest BCUT2D eigenvalue weighted by atomic mass is 9.79. The van der Waals surface area contributed by atoms with Crippen molar-refractivity contribution in [2.24, 2.45) is 5.10 Å². The number of carbonyl (C=O) groups is 1. The maximum atomic E-state index is 14.2. The first kappa shape index (κ1) is 33.6. The molecule has 0 saturated carbocycles. The Morgan fingerprint density at radius 2 is 1.57 bits per heavy atom. The molecule has 2 atom stereocenters. The second-order valence-electron chi connectivity index (χ2n) is 13.4. The number of carbonyl (C=O) groups excluding carboxylic acids is 1. The molecule has 1 aliphatic rings. The second kappa shape index (κ2) is 13.6. The Balaban J connectivity index is 2.13. The lowest BCUT2D eigenvalue weighted by Gasteiger charge is -2.40. The van der Waals surface area contributed by atoms with Gasteiger partial charge in [0.05, 0.1) is 24.9 Å². The lowest BCUT2D eigenvalue weighted by Crippen LogP contribution is -2.49. The van der Waals surface area contributed by atoms with Gasteiger partial charge in [0, 0.05) is 31.2 Å². The van der Waals surface area contributed by atoms with Crippen molar-refractivity contribution in [1.82, 2.24) is 5.01 Å². The van der Waals surface area contributed by atoms with Crippen LogP contribution in [0.3, 0.4) is 0 Å². The van der Waals surface area contributed by atoms with Crippen LogP contribution in [0.5, 0.6) is 11.5 Å². The van der Waals surface area contributed by atoms with Crippen molar-refractivity contribution in [3.8, 4) is 11.5 Å². The summed E-state index contributed by atoms with van der Waals surface area (Å²) < 4.78 is 18.1. The molecule has 1 aliphatic heterocycles. The SMILES string of the molecule is CCC(CC)(OC)[C@@H]1CCCN1/N=C(\C[C@H](O)c1ccccc1)C(=O)Oc1c(C(C)(C)C)cc(OC)cc1C(C)(C)C. The third kappa shape index (κ3) is 7.54. The van der Waals surface area contributed by atoms with Gasteiger partial charge in [-0.15, -0.1) is 0 Å². The standard InChI is InChI=1S/C35H52N2O5/c1-11-35(12-2,41-10)30-19-16-20-37(30)36-28(23-29(38)24-17-14-13-15-18-24)32(39)42-31-26(33(3,4)5)21-25(40-9)22-27(31)34(6,7)8/h13-15,17-18,21-22,29-30,38H,11-12,16,19-20,23H2,1-10H3/b36-28+/t29-,30-/m0/s1. The van der Waals surface area contributed by atoms with Gasteiger partial charge in [-0.05, 0) is 54.2 Å². The maximum absolute atomic E-state index is 14.2. The van der Waals surface area contributed by atoms with Crippen molar-refractivity contribution < 1.29 is 24.1 Å². The van der Waals surface area contributed by atoms with E-state index in [9.17, 15) is 9.90 Å². The number of hydrazone groups is 1. The van der Waals surface area contributed by atoms with Crippen LogP contribution in [0.2, 0.25) is 0 Å². The summed E-state index contributed by atoms with van der Waals surface area (Å²) in [6, 6.07) is 13.3. The summed E-state index contributed by atoms with van der Waals surface area (Å²) in [6.45, 7) is 17.5. The molecule has 0 aromatic heterocycles. The van der Waals surface area contributed by atoms with Gasteiger partial charge < -0.3 is 19.3 Å². The topological polar surface area (TPSA) is 80.6 Å². The summed E-state index contributed by atoms with van der Waals surface area (Å²) in [7, 11) is 3.40. The number of benzene rings is 2. The molecule has 0 unspecified atom stereocenters. The van der Waals surface area contributed by atoms with Crippen LogP contribution in [0, 0.1) is 0 Å². The molecule has 1 heterocycles. The van der Waals surface area contributed by atoms with E-state index >= 15 is 0 Å². The first-order valence-electron chi connectivity index (χ1n) is 15.3. The van der Waals surface area contributed by atoms with Crippen molar-refractivity contribution in [3.05, 3.63) is 59.2 Å². The summed E-state index contributed by atoms with van der Waals surface area (Å²) in [5.41, 5.74) is 1.62. The number of esters is 1. The monoisotopic (exact) mass is 580 g/mol. The molecule has 7 heteroatoms. The Hall–Kier alpha value is -2.90. The Morgan fingerprint density at radius 1 is 1.00 bits per heavy atom. The highest BCUT2D eigenvalue weighted by Crippen LogP contribution is 2.43. The molecule has 3 rings (SSSR count). The Morgan fingerprint density at radius 3 is 2.05 bits per heavy atom. The van der Waals surface area contributed by atoms with E-state index in [4.69, 9.17) is 19.3 Å². The summed E-state index contributed by atoms with van der Waals surface area (Å²) in [5.74, 6) is 0.676. The average Bonchev–Trinajstić information content (AvgIpc) is 3.42. The fraction of sp³-hybridized carbons (Fsp3) is 0.600. The van der Waals surface area contributed by atoms with Gasteiger partial charge in [0.2, 0.25) is 0 Å². The van der Waals surface area contributed by atoms with E-state index in [1.54, 1.807) is 14.2 Å². The quantitative estimate of drug-likeness (QED) is 0.170. The Kier molecular flexibility index (Phi) is 10.9. The van der Waals surface area contributed by atoms with Gasteiger partial charge >= 0.3 is 5.97 Å². The summed E-state index contributed by atoms with van der Waals surface area (Å²) >= 11 is 0. The highest BCUT2D eigenvalue weighted by Gasteiger charge is 2.42. The molecule has 2 aromatic carbocycles. The third-order valence-electron chi connectivity index (χ3n) is 8.60. The summed E-state index contributed by atoms with van der Waals surface area (Å²) in [6.07, 6.45) is 2.64. The van der Waals surface area contributed by atoms with Crippen molar-refractivity contribution in [2.45, 2.75) is 116 Å². The fourth-order valence-corrected chi connectivity index (χ4v) is 5.94. The highest BCUT2D eigenvalue weighted by atomic mass is 16.5. The van der Waals surface area contributed by atoms with Crippen LogP contribution in [0.1, 0.15) is 110 Å². The second-order valence-corrected chi connectivity index (χ2v) is 13.4. The molecule has 0 spiro atoms. The van der Waals surface area contributed by atoms with E-state index in [1.165, 1.54) is 0 Å². The number of aliphatic hydroxyl groups excluding tert-OH is 1. The molecular formula is C35H52N2O5. The molecule has 1 N–H and O–H groups in total. The maximum Gasteiger partial charge on any atom is 0.360 e. The van der Waals surface area contributed by atoms with Crippen LogP contribution in [-0.4, -0.2) is 54.2 Å². The number of nitrogens with zero attached hydrogens (tertiary/aromatic N) is 2. The molecule has 0 amide bonds. The first-order chi connectivity index (χ1) is 19.7. The Bertz CT molecular complexity index is 1180. The van der Waals surface area contributed by atoms with Crippen LogP contribution in [0.25, 0.3) is 0 Å². The van der Waals surface area contributed by atoms with Crippen LogP contribution in [0.4, 0.5) is 0 Å². The number of rotatable bonds is 11. The van der Waals surface area contributed by atoms with E-state index in [0.29, 0.717) is 18.0 Å². The normalized spacial score (nSPS) is 17.4. The van der Waals surface area contributed by atoms with Crippen molar-refractivity contribution in [1.29, 1.82) is 0 Å². The fourth-order valence-electron chi connectivity index (χ4n) is 5.94. The van der Waals surface area contributed by atoms with E-state index in [2.05, 4.69) is 55.4 Å². The molecule has 2 aromatic rings. The van der Waals surface area contributed by atoms with E-state index in [1.807, 2.05) is 47.5 Å². The van der Waals surface area contributed by atoms with Gasteiger partial charge in [-0.1, -0.05) is 85.7 Å². The van der Waals surface area contributed by atoms with Crippen molar-refractivity contribution >= 4 is 11.7 Å². The molecule has 232 valence electrons. The molecule has 1 saturated heterocycles. The predicted molar refractivity (Wildman–Crippen MR) is 170 cm³/mol.